The third kappa shape index (κ3) is 10.2. The molecule has 0 spiro atoms. The number of hydrogen-bond acceptors (Lipinski definition) is 8. The number of anilines is 2. The zero-order valence-electron chi connectivity index (χ0n) is 23.3. The average Bonchev–Trinajstić information content (AvgIpc) is 2.98. The first-order chi connectivity index (χ1) is 19.9. The van der Waals surface area contributed by atoms with Crippen molar-refractivity contribution in [3.63, 3.8) is 0 Å². The SMILES string of the molecule is CCCCOc1ccc(NC(=O)C(=O)N/N=C\c2ccc(OCC(=O)Nc3ccc(OC)cc3)c(OCC)c2)cc1. The topological polar surface area (TPSA) is 137 Å². The number of nitrogens with zero attached hydrogens (tertiary/aromatic N) is 1. The van der Waals surface area contributed by atoms with Gasteiger partial charge in [0.1, 0.15) is 11.5 Å². The predicted molar refractivity (Wildman–Crippen MR) is 156 cm³/mol. The van der Waals surface area contributed by atoms with E-state index in [-0.39, 0.29) is 12.5 Å². The van der Waals surface area contributed by atoms with Gasteiger partial charge >= 0.3 is 11.8 Å². The quantitative estimate of drug-likeness (QED) is 0.115. The number of amides is 3. The van der Waals surface area contributed by atoms with E-state index in [2.05, 4.69) is 28.1 Å². The predicted octanol–water partition coefficient (Wildman–Crippen LogP) is 4.38. The van der Waals surface area contributed by atoms with Crippen molar-refractivity contribution in [2.75, 3.05) is 37.6 Å². The molecule has 0 fully saturated rings. The Balaban J connectivity index is 1.50. The van der Waals surface area contributed by atoms with Crippen molar-refractivity contribution in [2.24, 2.45) is 5.10 Å². The van der Waals surface area contributed by atoms with Crippen LogP contribution in [-0.2, 0) is 14.4 Å². The number of carbonyl (C=O) groups is 3. The van der Waals surface area contributed by atoms with Crippen molar-refractivity contribution in [3.05, 3.63) is 72.3 Å². The molecule has 0 radical (unpaired) electrons. The van der Waals surface area contributed by atoms with Gasteiger partial charge in [-0.2, -0.15) is 5.10 Å². The molecule has 0 aliphatic rings. The van der Waals surface area contributed by atoms with Crippen LogP contribution in [0.3, 0.4) is 0 Å². The van der Waals surface area contributed by atoms with E-state index >= 15 is 0 Å². The highest BCUT2D eigenvalue weighted by molar-refractivity contribution is 6.39. The second-order valence-corrected chi connectivity index (χ2v) is 8.58. The normalized spacial score (nSPS) is 10.5. The van der Waals surface area contributed by atoms with Crippen LogP contribution in [0.1, 0.15) is 32.3 Å². The number of carbonyl (C=O) groups excluding carboxylic acids is 3. The summed E-state index contributed by atoms with van der Waals surface area (Å²) in [5.41, 5.74) is 3.83. The van der Waals surface area contributed by atoms with Crippen LogP contribution in [0, 0.1) is 0 Å². The molecule has 3 aromatic carbocycles. The highest BCUT2D eigenvalue weighted by atomic mass is 16.5. The first-order valence-electron chi connectivity index (χ1n) is 13.1. The van der Waals surface area contributed by atoms with Crippen molar-refractivity contribution in [1.29, 1.82) is 0 Å². The summed E-state index contributed by atoms with van der Waals surface area (Å²) in [6.07, 6.45) is 3.34. The van der Waals surface area contributed by atoms with Gasteiger partial charge in [-0.1, -0.05) is 13.3 Å². The third-order valence-electron chi connectivity index (χ3n) is 5.46. The van der Waals surface area contributed by atoms with Crippen molar-refractivity contribution in [2.45, 2.75) is 26.7 Å². The van der Waals surface area contributed by atoms with Crippen LogP contribution in [0.25, 0.3) is 0 Å². The Morgan fingerprint density at radius 1 is 0.780 bits per heavy atom. The molecule has 0 atom stereocenters. The van der Waals surface area contributed by atoms with Crippen LogP contribution in [-0.4, -0.2) is 50.9 Å². The van der Waals surface area contributed by atoms with E-state index in [1.54, 1.807) is 73.8 Å². The minimum absolute atomic E-state index is 0.237. The van der Waals surface area contributed by atoms with Crippen LogP contribution < -0.4 is 35.0 Å². The van der Waals surface area contributed by atoms with Gasteiger partial charge in [0.05, 0.1) is 26.5 Å². The summed E-state index contributed by atoms with van der Waals surface area (Å²) in [4.78, 5) is 36.7. The molecule has 11 heteroatoms. The van der Waals surface area contributed by atoms with E-state index in [0.717, 1.165) is 12.8 Å². The Morgan fingerprint density at radius 2 is 1.46 bits per heavy atom. The fourth-order valence-electron chi connectivity index (χ4n) is 3.38. The lowest BCUT2D eigenvalue weighted by Crippen LogP contribution is -2.32. The molecule has 0 aliphatic carbocycles. The number of benzene rings is 3. The van der Waals surface area contributed by atoms with Gasteiger partial charge in [-0.25, -0.2) is 5.43 Å². The fourth-order valence-corrected chi connectivity index (χ4v) is 3.38. The number of unbranched alkanes of at least 4 members (excludes halogenated alkanes) is 1. The molecule has 0 saturated carbocycles. The molecule has 3 N–H and O–H groups in total. The molecule has 41 heavy (non-hydrogen) atoms. The minimum atomic E-state index is -0.933. The summed E-state index contributed by atoms with van der Waals surface area (Å²) >= 11 is 0. The maximum absolute atomic E-state index is 12.3. The van der Waals surface area contributed by atoms with Gasteiger partial charge in [0.2, 0.25) is 0 Å². The fraction of sp³-hybridized carbons (Fsp3) is 0.267. The summed E-state index contributed by atoms with van der Waals surface area (Å²) in [5.74, 6) is -0.0305. The van der Waals surface area contributed by atoms with Crippen LogP contribution in [0.2, 0.25) is 0 Å². The molecule has 11 nitrogen and oxygen atoms in total. The summed E-state index contributed by atoms with van der Waals surface area (Å²) in [6, 6.07) is 18.6. The van der Waals surface area contributed by atoms with E-state index in [1.165, 1.54) is 6.21 Å². The van der Waals surface area contributed by atoms with Gasteiger partial charge < -0.3 is 29.6 Å². The van der Waals surface area contributed by atoms with Crippen LogP contribution >= 0.6 is 0 Å². The van der Waals surface area contributed by atoms with Crippen molar-refractivity contribution in [1.82, 2.24) is 5.43 Å². The van der Waals surface area contributed by atoms with Gasteiger partial charge in [-0.15, -0.1) is 0 Å². The lowest BCUT2D eigenvalue weighted by Gasteiger charge is -2.13. The number of rotatable bonds is 14. The zero-order chi connectivity index (χ0) is 29.5. The molecule has 0 aliphatic heterocycles. The Kier molecular flexibility index (Phi) is 12.0. The summed E-state index contributed by atoms with van der Waals surface area (Å²) in [7, 11) is 1.57. The van der Waals surface area contributed by atoms with Gasteiger partial charge in [0, 0.05) is 11.4 Å². The monoisotopic (exact) mass is 562 g/mol. The third-order valence-corrected chi connectivity index (χ3v) is 5.46. The van der Waals surface area contributed by atoms with Gasteiger partial charge in [-0.3, -0.25) is 14.4 Å². The van der Waals surface area contributed by atoms with Crippen LogP contribution in [0.15, 0.2) is 71.8 Å². The van der Waals surface area contributed by atoms with E-state index in [4.69, 9.17) is 18.9 Å². The lowest BCUT2D eigenvalue weighted by molar-refractivity contribution is -0.136. The summed E-state index contributed by atoms with van der Waals surface area (Å²) in [5, 5.41) is 9.10. The van der Waals surface area contributed by atoms with Crippen molar-refractivity contribution < 1.29 is 33.3 Å². The van der Waals surface area contributed by atoms with Crippen LogP contribution in [0.5, 0.6) is 23.0 Å². The average molecular weight is 563 g/mol. The molecular formula is C30H34N4O7. The maximum Gasteiger partial charge on any atom is 0.329 e. The summed E-state index contributed by atoms with van der Waals surface area (Å²) in [6.45, 7) is 4.63. The minimum Gasteiger partial charge on any atom is -0.497 e. The molecule has 0 bridgehead atoms. The number of hydrogen-bond donors (Lipinski definition) is 3. The van der Waals surface area contributed by atoms with E-state index in [9.17, 15) is 14.4 Å². The van der Waals surface area contributed by atoms with E-state index in [0.29, 0.717) is 53.2 Å². The van der Waals surface area contributed by atoms with E-state index in [1.807, 2.05) is 6.92 Å². The maximum atomic E-state index is 12.3. The van der Waals surface area contributed by atoms with Gasteiger partial charge in [0.15, 0.2) is 18.1 Å². The van der Waals surface area contributed by atoms with Gasteiger partial charge in [-0.05, 0) is 85.6 Å². The Labute approximate surface area is 238 Å². The number of nitrogens with one attached hydrogen (secondary N) is 3. The molecule has 3 amide bonds. The smallest absolute Gasteiger partial charge is 0.329 e. The number of ether oxygens (including phenoxy) is 4. The summed E-state index contributed by atoms with van der Waals surface area (Å²) < 4.78 is 22.0. The largest absolute Gasteiger partial charge is 0.497 e. The molecule has 3 rings (SSSR count). The van der Waals surface area contributed by atoms with Crippen molar-refractivity contribution in [3.8, 4) is 23.0 Å². The zero-order valence-corrected chi connectivity index (χ0v) is 23.3. The molecule has 0 saturated heterocycles. The lowest BCUT2D eigenvalue weighted by atomic mass is 10.2. The Hall–Kier alpha value is -5.06. The number of methoxy groups -OCH3 is 1. The number of hydrazone groups is 1. The first kappa shape index (κ1) is 30.5. The van der Waals surface area contributed by atoms with Crippen LogP contribution in [0.4, 0.5) is 11.4 Å². The second-order valence-electron chi connectivity index (χ2n) is 8.58. The van der Waals surface area contributed by atoms with E-state index < -0.39 is 11.8 Å². The Bertz CT molecular complexity index is 1330. The standard InChI is InChI=1S/C30H34N4O7/c1-4-6-17-40-25-14-10-23(11-15-25)33-29(36)30(37)34-31-19-21-7-16-26(27(18-21)39-5-2)41-20-28(35)32-22-8-12-24(38-3)13-9-22/h7-16,18-19H,4-6,17,20H2,1-3H3,(H,32,35)(H,33,36)(H,34,37)/b31-19-. The Morgan fingerprint density at radius 3 is 2.12 bits per heavy atom. The molecule has 0 heterocycles. The molecule has 3 aromatic rings. The highest BCUT2D eigenvalue weighted by Gasteiger charge is 2.13. The highest BCUT2D eigenvalue weighted by Crippen LogP contribution is 2.28. The van der Waals surface area contributed by atoms with Crippen molar-refractivity contribution >= 4 is 35.3 Å². The second kappa shape index (κ2) is 16.1. The molecular weight excluding hydrogens is 528 g/mol. The molecule has 0 unspecified atom stereocenters. The molecule has 216 valence electrons. The van der Waals surface area contributed by atoms with Gasteiger partial charge in [0.25, 0.3) is 5.91 Å². The molecule has 0 aromatic heterocycles. The first-order valence-corrected chi connectivity index (χ1v) is 13.1.